The highest BCUT2D eigenvalue weighted by Gasteiger charge is 2.26. The second-order valence-corrected chi connectivity index (χ2v) is 14.9. The van der Waals surface area contributed by atoms with Crippen molar-refractivity contribution < 1.29 is 37.6 Å². The van der Waals surface area contributed by atoms with Crippen molar-refractivity contribution in [2.24, 2.45) is 0 Å². The van der Waals surface area contributed by atoms with Gasteiger partial charge in [0, 0.05) is 19.4 Å². The molecule has 0 aromatic rings. The molecule has 0 aliphatic rings. The molecule has 0 aromatic heterocycles. The summed E-state index contributed by atoms with van der Waals surface area (Å²) in [5, 5.41) is 2.81. The van der Waals surface area contributed by atoms with Gasteiger partial charge in [-0.05, 0) is 90.5 Å². The van der Waals surface area contributed by atoms with Crippen LogP contribution in [0.5, 0.6) is 0 Å². The number of hydrogen-bond acceptors (Lipinski definition) is 8. The van der Waals surface area contributed by atoms with E-state index in [1.165, 1.54) is 25.7 Å². The average Bonchev–Trinajstić information content (AvgIpc) is 3.18. The molecule has 0 saturated heterocycles. The number of nitrogens with one attached hydrogen (secondary N) is 1. The van der Waals surface area contributed by atoms with E-state index in [4.69, 9.17) is 18.5 Å². The van der Waals surface area contributed by atoms with Gasteiger partial charge >= 0.3 is 19.8 Å². The number of ether oxygens (including phenoxy) is 2. The van der Waals surface area contributed by atoms with Crippen LogP contribution in [0.2, 0.25) is 0 Å². The lowest BCUT2D eigenvalue weighted by Gasteiger charge is -2.19. The van der Waals surface area contributed by atoms with Crippen LogP contribution in [0.3, 0.4) is 0 Å². The van der Waals surface area contributed by atoms with Crippen molar-refractivity contribution in [2.45, 2.75) is 148 Å². The highest BCUT2D eigenvalue weighted by molar-refractivity contribution is 7.47. The fraction of sp³-hybridized carbons (Fsp3) is 0.609. The van der Waals surface area contributed by atoms with Crippen LogP contribution >= 0.6 is 7.82 Å². The van der Waals surface area contributed by atoms with Gasteiger partial charge in [-0.25, -0.2) is 4.57 Å². The SMILES string of the molecule is CC/C=C\C/C=C\C/C=C\CCCCCCCC(=O)OCC(COP(=O)(O)OCCNC)OC(=O)CC/C=C\C/C=C\C/C=C\C/C=C\C/C=C\CCCCC. The number of esters is 2. The normalized spacial score (nSPS) is 14.3. The van der Waals surface area contributed by atoms with Crippen LogP contribution in [0.4, 0.5) is 0 Å². The van der Waals surface area contributed by atoms with Crippen LogP contribution in [0.15, 0.2) is 97.2 Å². The van der Waals surface area contributed by atoms with E-state index < -0.39 is 32.5 Å². The number of allylic oxidation sites excluding steroid dienone is 16. The van der Waals surface area contributed by atoms with E-state index in [-0.39, 0.29) is 26.1 Å². The fourth-order valence-corrected chi connectivity index (χ4v) is 5.77. The molecule has 10 heteroatoms. The van der Waals surface area contributed by atoms with Gasteiger partial charge < -0.3 is 19.7 Å². The number of hydrogen-bond donors (Lipinski definition) is 2. The first kappa shape index (κ1) is 52.9. The Balaban J connectivity index is 4.42. The summed E-state index contributed by atoms with van der Waals surface area (Å²) in [6, 6.07) is 0. The molecule has 56 heavy (non-hydrogen) atoms. The Bertz CT molecular complexity index is 1230. The smallest absolute Gasteiger partial charge is 0.462 e. The number of carbonyl (C=O) groups is 2. The maximum atomic E-state index is 12.6. The first-order valence-electron chi connectivity index (χ1n) is 21.2. The van der Waals surface area contributed by atoms with Gasteiger partial charge in [-0.1, -0.05) is 143 Å². The summed E-state index contributed by atoms with van der Waals surface area (Å²) in [6.45, 7) is 3.95. The predicted octanol–water partition coefficient (Wildman–Crippen LogP) is 12.1. The lowest BCUT2D eigenvalue weighted by atomic mass is 10.1. The van der Waals surface area contributed by atoms with Crippen molar-refractivity contribution in [1.29, 1.82) is 0 Å². The van der Waals surface area contributed by atoms with Crippen molar-refractivity contribution in [3.05, 3.63) is 97.2 Å². The van der Waals surface area contributed by atoms with Crippen molar-refractivity contribution in [2.75, 3.05) is 33.4 Å². The van der Waals surface area contributed by atoms with Crippen LogP contribution in [-0.2, 0) is 32.7 Å². The highest BCUT2D eigenvalue weighted by Crippen LogP contribution is 2.43. The number of phosphoric acid groups is 1. The largest absolute Gasteiger partial charge is 0.472 e. The van der Waals surface area contributed by atoms with Crippen molar-refractivity contribution in [3.63, 3.8) is 0 Å². The molecule has 9 nitrogen and oxygen atoms in total. The third-order valence-corrected chi connectivity index (χ3v) is 9.19. The molecule has 0 radical (unpaired) electrons. The molecule has 0 aliphatic carbocycles. The van der Waals surface area contributed by atoms with Gasteiger partial charge in [0.1, 0.15) is 6.61 Å². The number of phosphoric ester groups is 1. The minimum atomic E-state index is -4.38. The monoisotopic (exact) mass is 802 g/mol. The lowest BCUT2D eigenvalue weighted by molar-refractivity contribution is -0.161. The van der Waals surface area contributed by atoms with Crippen LogP contribution in [-0.4, -0.2) is 56.3 Å². The quantitative estimate of drug-likeness (QED) is 0.0272. The van der Waals surface area contributed by atoms with Gasteiger partial charge in [0.2, 0.25) is 0 Å². The molecule has 0 aliphatic heterocycles. The minimum absolute atomic E-state index is 0.0389. The summed E-state index contributed by atoms with van der Waals surface area (Å²) in [6.07, 6.45) is 51.8. The summed E-state index contributed by atoms with van der Waals surface area (Å²) in [5.74, 6) is -0.934. The summed E-state index contributed by atoms with van der Waals surface area (Å²) in [7, 11) is -2.69. The van der Waals surface area contributed by atoms with Crippen molar-refractivity contribution in [1.82, 2.24) is 5.32 Å². The first-order valence-corrected chi connectivity index (χ1v) is 22.7. The van der Waals surface area contributed by atoms with E-state index in [0.717, 1.165) is 77.0 Å². The second-order valence-electron chi connectivity index (χ2n) is 13.4. The zero-order chi connectivity index (χ0) is 41.1. The topological polar surface area (TPSA) is 120 Å². The molecule has 318 valence electrons. The molecule has 2 unspecified atom stereocenters. The van der Waals surface area contributed by atoms with E-state index in [2.05, 4.69) is 104 Å². The predicted molar refractivity (Wildman–Crippen MR) is 233 cm³/mol. The van der Waals surface area contributed by atoms with E-state index in [9.17, 15) is 19.0 Å². The molecule has 0 aromatic carbocycles. The van der Waals surface area contributed by atoms with Gasteiger partial charge in [-0.15, -0.1) is 0 Å². The molecule has 0 rings (SSSR count). The molecular weight excluding hydrogens is 725 g/mol. The standard InChI is InChI=1S/C46H76NO8P/c1-4-6-8-10-12-14-16-18-20-21-22-23-25-27-29-31-33-35-37-39-46(49)55-44(43-54-56(50,51)53-41-40-47-3)42-52-45(48)38-36-34-32-30-28-26-24-19-17-15-13-11-9-7-5-2/h7,9,12-15,18-20,22-24,27,29,33,35,44,47H,4-6,8,10-11,16-17,21,25-26,28,30-32,34,36-43H2,1-3H3,(H,50,51)/b9-7-,14-12-,15-13-,20-18-,23-22-,24-19-,29-27-,35-33-. The second kappa shape index (κ2) is 41.6. The van der Waals surface area contributed by atoms with E-state index in [1.54, 1.807) is 7.05 Å². The summed E-state index contributed by atoms with van der Waals surface area (Å²) < 4.78 is 33.1. The molecule has 0 amide bonds. The van der Waals surface area contributed by atoms with Crippen LogP contribution in [0, 0.1) is 0 Å². The maximum Gasteiger partial charge on any atom is 0.472 e. The Labute approximate surface area is 340 Å². The number of unbranched alkanes of at least 4 members (excludes halogenated alkanes) is 8. The highest BCUT2D eigenvalue weighted by atomic mass is 31.2. The van der Waals surface area contributed by atoms with Gasteiger partial charge in [0.25, 0.3) is 0 Å². The van der Waals surface area contributed by atoms with Gasteiger partial charge in [-0.2, -0.15) is 0 Å². The first-order chi connectivity index (χ1) is 27.3. The van der Waals surface area contributed by atoms with Crippen molar-refractivity contribution in [3.8, 4) is 0 Å². The number of carbonyl (C=O) groups excluding carboxylic acids is 2. The zero-order valence-corrected chi connectivity index (χ0v) is 35.9. The van der Waals surface area contributed by atoms with Crippen LogP contribution in [0.1, 0.15) is 142 Å². The Morgan fingerprint density at radius 1 is 0.571 bits per heavy atom. The van der Waals surface area contributed by atoms with Gasteiger partial charge in [0.15, 0.2) is 6.10 Å². The van der Waals surface area contributed by atoms with E-state index in [1.807, 2.05) is 12.2 Å². The Kier molecular flexibility index (Phi) is 39.3. The minimum Gasteiger partial charge on any atom is -0.462 e. The summed E-state index contributed by atoms with van der Waals surface area (Å²) >= 11 is 0. The number of rotatable bonds is 38. The Morgan fingerprint density at radius 3 is 1.59 bits per heavy atom. The molecular formula is C46H76NO8P. The molecule has 0 saturated carbocycles. The average molecular weight is 802 g/mol. The fourth-order valence-electron chi connectivity index (χ4n) is 5.02. The van der Waals surface area contributed by atoms with Crippen molar-refractivity contribution >= 4 is 19.8 Å². The Morgan fingerprint density at radius 2 is 1.05 bits per heavy atom. The maximum absolute atomic E-state index is 12.6. The molecule has 0 heterocycles. The van der Waals surface area contributed by atoms with Crippen LogP contribution < -0.4 is 5.32 Å². The number of likely N-dealkylation sites (N-methyl/N-ethyl adjacent to an activating group) is 1. The van der Waals surface area contributed by atoms with Crippen LogP contribution in [0.25, 0.3) is 0 Å². The van der Waals surface area contributed by atoms with Gasteiger partial charge in [0.05, 0.1) is 13.2 Å². The summed E-state index contributed by atoms with van der Waals surface area (Å²) in [4.78, 5) is 35.0. The Hall–Kier alpha value is -3.07. The lowest BCUT2D eigenvalue weighted by Crippen LogP contribution is -2.29. The molecule has 0 spiro atoms. The molecule has 2 N–H and O–H groups in total. The molecule has 0 fully saturated rings. The molecule has 0 bridgehead atoms. The summed E-state index contributed by atoms with van der Waals surface area (Å²) in [5.41, 5.74) is 0. The van der Waals surface area contributed by atoms with Gasteiger partial charge in [-0.3, -0.25) is 18.6 Å². The molecule has 2 atom stereocenters. The third-order valence-electron chi connectivity index (χ3n) is 8.20. The zero-order valence-electron chi connectivity index (χ0n) is 35.0. The van der Waals surface area contributed by atoms with E-state index in [0.29, 0.717) is 19.4 Å². The third kappa shape index (κ3) is 40.6. The van der Waals surface area contributed by atoms with E-state index >= 15 is 0 Å².